The second kappa shape index (κ2) is 7.10. The van der Waals surface area contributed by atoms with Crippen molar-refractivity contribution in [3.05, 3.63) is 69.4 Å². The van der Waals surface area contributed by atoms with Gasteiger partial charge in [0.2, 0.25) is 0 Å². The molecule has 0 spiro atoms. The molecule has 0 saturated heterocycles. The average Bonchev–Trinajstić information content (AvgIpc) is 3.22. The third kappa shape index (κ3) is 3.35. The molecule has 3 heterocycles. The van der Waals surface area contributed by atoms with E-state index in [-0.39, 0.29) is 11.1 Å². The van der Waals surface area contributed by atoms with Crippen molar-refractivity contribution < 1.29 is 9.90 Å². The Labute approximate surface area is 155 Å². The van der Waals surface area contributed by atoms with E-state index in [0.29, 0.717) is 12.1 Å². The van der Waals surface area contributed by atoms with Crippen LogP contribution in [0.5, 0.6) is 0 Å². The van der Waals surface area contributed by atoms with E-state index in [1.54, 1.807) is 36.5 Å². The maximum atomic E-state index is 12.7. The van der Waals surface area contributed by atoms with Crippen LogP contribution in [0.4, 0.5) is 0 Å². The number of hydrogen-bond acceptors (Lipinski definition) is 5. The lowest BCUT2D eigenvalue weighted by atomic mass is 9.99. The van der Waals surface area contributed by atoms with Crippen LogP contribution >= 0.6 is 0 Å². The first kappa shape index (κ1) is 18.4. The molecule has 1 unspecified atom stereocenters. The first-order chi connectivity index (χ1) is 12.8. The fourth-order valence-electron chi connectivity index (χ4n) is 3.24. The van der Waals surface area contributed by atoms with Crippen molar-refractivity contribution in [3.63, 3.8) is 0 Å². The summed E-state index contributed by atoms with van der Waals surface area (Å²) in [7, 11) is 0. The second-order valence-electron chi connectivity index (χ2n) is 6.53. The molecule has 0 fully saturated rings. The van der Waals surface area contributed by atoms with Gasteiger partial charge in [0.05, 0.1) is 12.5 Å². The Balaban J connectivity index is 1.88. The molecule has 2 N–H and O–H groups in total. The highest BCUT2D eigenvalue weighted by atomic mass is 16.4. The summed E-state index contributed by atoms with van der Waals surface area (Å²) >= 11 is 0. The zero-order chi connectivity index (χ0) is 19.7. The van der Waals surface area contributed by atoms with E-state index in [1.807, 2.05) is 24.6 Å². The molecule has 3 rings (SSSR count). The highest BCUT2D eigenvalue weighted by molar-refractivity contribution is 5.75. The molecule has 142 valence electrons. The number of hydrogen-bond donors (Lipinski definition) is 2. The number of carboxylic acid groups (broad SMARTS) is 1. The maximum absolute atomic E-state index is 12.7. The Morgan fingerprint density at radius 3 is 2.56 bits per heavy atom. The van der Waals surface area contributed by atoms with Crippen molar-refractivity contribution in [2.45, 2.75) is 40.2 Å². The molecular weight excluding hydrogens is 348 g/mol. The van der Waals surface area contributed by atoms with Crippen LogP contribution in [-0.4, -0.2) is 35.3 Å². The molecule has 3 aromatic heterocycles. The summed E-state index contributed by atoms with van der Waals surface area (Å²) in [6, 6.07) is 3.76. The number of aryl methyl sites for hydroxylation is 2. The lowest BCUT2D eigenvalue weighted by molar-refractivity contribution is -0.138. The molecule has 0 amide bonds. The van der Waals surface area contributed by atoms with Gasteiger partial charge >= 0.3 is 5.97 Å². The molecule has 0 aliphatic rings. The van der Waals surface area contributed by atoms with Gasteiger partial charge in [0.25, 0.3) is 5.56 Å². The number of nitrogens with one attached hydrogen (secondary N) is 1. The number of carboxylic acids is 1. The predicted octanol–water partition coefficient (Wildman–Crippen LogP) is 1.41. The Bertz CT molecular complexity index is 1030. The summed E-state index contributed by atoms with van der Waals surface area (Å²) in [6.07, 6.45) is 4.84. The van der Waals surface area contributed by atoms with Crippen molar-refractivity contribution in [3.8, 4) is 0 Å². The van der Waals surface area contributed by atoms with Crippen LogP contribution in [0, 0.1) is 20.8 Å². The number of aliphatic carboxylic acids is 1. The summed E-state index contributed by atoms with van der Waals surface area (Å²) in [5, 5.41) is 16.9. The van der Waals surface area contributed by atoms with Gasteiger partial charge in [-0.05, 0) is 51.0 Å². The van der Waals surface area contributed by atoms with Crippen LogP contribution in [0.15, 0.2) is 35.8 Å². The van der Waals surface area contributed by atoms with Gasteiger partial charge in [0, 0.05) is 23.1 Å². The van der Waals surface area contributed by atoms with E-state index in [9.17, 15) is 14.7 Å². The monoisotopic (exact) mass is 370 g/mol. The molecule has 9 heteroatoms. The lowest BCUT2D eigenvalue weighted by Gasteiger charge is -2.15. The Morgan fingerprint density at radius 1 is 1.26 bits per heavy atom. The minimum Gasteiger partial charge on any atom is -0.481 e. The van der Waals surface area contributed by atoms with E-state index >= 15 is 0 Å². The number of pyridine rings is 1. The Hall–Kier alpha value is -3.36. The molecule has 0 saturated carbocycles. The van der Waals surface area contributed by atoms with Crippen molar-refractivity contribution >= 4 is 5.97 Å². The molecular formula is C18H22N6O3. The summed E-state index contributed by atoms with van der Waals surface area (Å²) < 4.78 is 5.08. The molecule has 3 aromatic rings. The average molecular weight is 370 g/mol. The SMILES string of the molecule is Cc1ccn(NCc2cc(C)n(-n3cnnc3)c2C)c(=O)c1C(C)C(=O)O. The zero-order valence-corrected chi connectivity index (χ0v) is 15.7. The van der Waals surface area contributed by atoms with Gasteiger partial charge in [-0.3, -0.25) is 14.3 Å². The smallest absolute Gasteiger partial charge is 0.310 e. The molecule has 27 heavy (non-hydrogen) atoms. The van der Waals surface area contributed by atoms with Crippen LogP contribution in [0.25, 0.3) is 0 Å². The Morgan fingerprint density at radius 2 is 1.93 bits per heavy atom. The topological polar surface area (TPSA) is 107 Å². The molecule has 0 bridgehead atoms. The third-order valence-corrected chi connectivity index (χ3v) is 4.73. The van der Waals surface area contributed by atoms with Crippen LogP contribution in [0.2, 0.25) is 0 Å². The maximum Gasteiger partial charge on any atom is 0.310 e. The number of aromatic nitrogens is 5. The largest absolute Gasteiger partial charge is 0.481 e. The molecule has 1 atom stereocenters. The third-order valence-electron chi connectivity index (χ3n) is 4.73. The summed E-state index contributed by atoms with van der Waals surface area (Å²) in [5.74, 6) is -1.89. The first-order valence-electron chi connectivity index (χ1n) is 8.53. The molecule has 9 nitrogen and oxygen atoms in total. The number of rotatable bonds is 6. The summed E-state index contributed by atoms with van der Waals surface area (Å²) in [5.41, 5.74) is 6.66. The van der Waals surface area contributed by atoms with Gasteiger partial charge in [-0.25, -0.2) is 9.35 Å². The van der Waals surface area contributed by atoms with Gasteiger partial charge in [-0.2, -0.15) is 0 Å². The molecule has 0 aliphatic heterocycles. The normalized spacial score (nSPS) is 12.1. The van der Waals surface area contributed by atoms with Gasteiger partial charge in [-0.1, -0.05) is 0 Å². The first-order valence-corrected chi connectivity index (χ1v) is 8.53. The van der Waals surface area contributed by atoms with Crippen molar-refractivity contribution in [2.24, 2.45) is 0 Å². The number of nitrogens with zero attached hydrogens (tertiary/aromatic N) is 5. The van der Waals surface area contributed by atoms with E-state index in [1.165, 1.54) is 11.6 Å². The van der Waals surface area contributed by atoms with Gasteiger partial charge in [0.1, 0.15) is 12.7 Å². The Kier molecular flexibility index (Phi) is 4.85. The lowest BCUT2D eigenvalue weighted by Crippen LogP contribution is -2.33. The van der Waals surface area contributed by atoms with Crippen molar-refractivity contribution in [2.75, 3.05) is 5.43 Å². The van der Waals surface area contributed by atoms with E-state index in [0.717, 1.165) is 17.0 Å². The van der Waals surface area contributed by atoms with Crippen LogP contribution in [0.3, 0.4) is 0 Å². The van der Waals surface area contributed by atoms with Crippen LogP contribution in [-0.2, 0) is 11.3 Å². The van der Waals surface area contributed by atoms with Crippen LogP contribution in [0.1, 0.15) is 40.9 Å². The quantitative estimate of drug-likeness (QED) is 0.679. The van der Waals surface area contributed by atoms with E-state index < -0.39 is 11.9 Å². The fourth-order valence-corrected chi connectivity index (χ4v) is 3.24. The van der Waals surface area contributed by atoms with E-state index in [4.69, 9.17) is 0 Å². The van der Waals surface area contributed by atoms with Gasteiger partial charge < -0.3 is 10.5 Å². The fraction of sp³-hybridized carbons (Fsp3) is 0.333. The zero-order valence-electron chi connectivity index (χ0n) is 15.7. The van der Waals surface area contributed by atoms with Gasteiger partial charge in [-0.15, -0.1) is 10.2 Å². The van der Waals surface area contributed by atoms with Crippen molar-refractivity contribution in [1.82, 2.24) is 24.2 Å². The van der Waals surface area contributed by atoms with Crippen molar-refractivity contribution in [1.29, 1.82) is 0 Å². The number of carbonyl (C=O) groups is 1. The van der Waals surface area contributed by atoms with Crippen LogP contribution < -0.4 is 11.0 Å². The minimum absolute atomic E-state index is 0.285. The summed E-state index contributed by atoms with van der Waals surface area (Å²) in [6.45, 7) is 7.61. The minimum atomic E-state index is -1.02. The highest BCUT2D eigenvalue weighted by Gasteiger charge is 2.21. The molecule has 0 aliphatic carbocycles. The molecule has 0 radical (unpaired) electrons. The van der Waals surface area contributed by atoms with E-state index in [2.05, 4.69) is 15.6 Å². The summed E-state index contributed by atoms with van der Waals surface area (Å²) in [4.78, 5) is 24.0. The second-order valence-corrected chi connectivity index (χ2v) is 6.53. The molecule has 0 aromatic carbocycles. The predicted molar refractivity (Wildman–Crippen MR) is 99.3 cm³/mol. The van der Waals surface area contributed by atoms with Gasteiger partial charge in [0.15, 0.2) is 0 Å². The standard InChI is InChI=1S/C18H22N6O3/c1-11-5-6-23(17(25)16(11)13(3)18(26)27)21-8-15-7-12(2)24(14(15)4)22-9-19-20-10-22/h5-7,9-10,13,21H,8H2,1-4H3,(H,26,27). The highest BCUT2D eigenvalue weighted by Crippen LogP contribution is 2.17.